The van der Waals surface area contributed by atoms with Crippen molar-refractivity contribution < 1.29 is 22.8 Å². The molecule has 0 bridgehead atoms. The molecule has 0 aliphatic heterocycles. The van der Waals surface area contributed by atoms with Gasteiger partial charge in [0, 0.05) is 23.9 Å². The van der Waals surface area contributed by atoms with Gasteiger partial charge in [-0.05, 0) is 29.8 Å². The highest BCUT2D eigenvalue weighted by atomic mass is 35.5. The Morgan fingerprint density at radius 3 is 2.48 bits per heavy atom. The van der Waals surface area contributed by atoms with Crippen LogP contribution in [0.15, 0.2) is 53.1 Å². The van der Waals surface area contributed by atoms with Gasteiger partial charge in [0.15, 0.2) is 11.7 Å². The van der Waals surface area contributed by atoms with E-state index in [-0.39, 0.29) is 42.4 Å². The summed E-state index contributed by atoms with van der Waals surface area (Å²) in [7, 11) is 0. The number of halogens is 3. The van der Waals surface area contributed by atoms with Crippen LogP contribution in [0.25, 0.3) is 11.3 Å². The van der Waals surface area contributed by atoms with Gasteiger partial charge in [-0.15, -0.1) is 0 Å². The van der Waals surface area contributed by atoms with Gasteiger partial charge in [-0.25, -0.2) is 13.8 Å². The molecule has 29 heavy (non-hydrogen) atoms. The zero-order valence-electron chi connectivity index (χ0n) is 15.0. The fraction of sp³-hybridized carbons (Fsp3) is 0.150. The number of aryl methyl sites for hydroxylation is 1. The number of oxazole rings is 1. The third-order valence-electron chi connectivity index (χ3n) is 3.94. The van der Waals surface area contributed by atoms with E-state index in [4.69, 9.17) is 16.0 Å². The third kappa shape index (κ3) is 5.86. The van der Waals surface area contributed by atoms with Gasteiger partial charge in [0.05, 0.1) is 18.2 Å². The Kier molecular flexibility index (Phi) is 6.56. The molecule has 0 radical (unpaired) electrons. The molecular formula is C20H16ClF2N3O3. The first-order valence-corrected chi connectivity index (χ1v) is 9.01. The molecule has 1 aromatic heterocycles. The lowest BCUT2D eigenvalue weighted by molar-refractivity contribution is -0.128. The molecule has 2 amide bonds. The van der Waals surface area contributed by atoms with Crippen LogP contribution >= 0.6 is 11.6 Å². The number of rotatable bonds is 6. The highest BCUT2D eigenvalue weighted by Gasteiger charge is 2.13. The summed E-state index contributed by atoms with van der Waals surface area (Å²) in [5.41, 5.74) is 5.45. The van der Waals surface area contributed by atoms with Crippen LogP contribution < -0.4 is 10.9 Å². The zero-order chi connectivity index (χ0) is 20.8. The Bertz CT molecular complexity index is 1020. The minimum atomic E-state index is -0.770. The van der Waals surface area contributed by atoms with E-state index in [1.165, 1.54) is 12.3 Å². The quantitative estimate of drug-likeness (QED) is 0.598. The van der Waals surface area contributed by atoms with Gasteiger partial charge < -0.3 is 4.42 Å². The van der Waals surface area contributed by atoms with Crippen molar-refractivity contribution in [1.29, 1.82) is 0 Å². The van der Waals surface area contributed by atoms with Crippen molar-refractivity contribution in [2.24, 2.45) is 0 Å². The molecule has 0 unspecified atom stereocenters. The lowest BCUT2D eigenvalue weighted by Crippen LogP contribution is -2.42. The maximum absolute atomic E-state index is 13.8. The molecule has 0 saturated carbocycles. The molecule has 2 aromatic carbocycles. The molecule has 0 atom stereocenters. The number of carbonyl (C=O) groups excluding carboxylic acids is 2. The second-order valence-electron chi connectivity index (χ2n) is 6.14. The first-order chi connectivity index (χ1) is 13.9. The SMILES string of the molecule is O=C(CCc1ncc(-c2ccc(F)cc2F)o1)NNC(=O)Cc1ccc(Cl)cc1. The van der Waals surface area contributed by atoms with Gasteiger partial charge >= 0.3 is 0 Å². The first-order valence-electron chi connectivity index (χ1n) is 8.63. The van der Waals surface area contributed by atoms with Crippen LogP contribution in [-0.4, -0.2) is 16.8 Å². The predicted octanol–water partition coefficient (Wildman–Crippen LogP) is 3.60. The van der Waals surface area contributed by atoms with Gasteiger partial charge in [-0.2, -0.15) is 0 Å². The Morgan fingerprint density at radius 2 is 1.76 bits per heavy atom. The van der Waals surface area contributed by atoms with Crippen LogP contribution in [0.1, 0.15) is 17.9 Å². The minimum Gasteiger partial charge on any atom is -0.441 e. The molecule has 6 nitrogen and oxygen atoms in total. The fourth-order valence-corrected chi connectivity index (χ4v) is 2.62. The van der Waals surface area contributed by atoms with E-state index in [1.807, 2.05) is 0 Å². The maximum atomic E-state index is 13.8. The van der Waals surface area contributed by atoms with E-state index in [0.717, 1.165) is 17.7 Å². The van der Waals surface area contributed by atoms with Crippen molar-refractivity contribution in [3.63, 3.8) is 0 Å². The number of benzene rings is 2. The van der Waals surface area contributed by atoms with Gasteiger partial charge in [-0.1, -0.05) is 23.7 Å². The summed E-state index contributed by atoms with van der Waals surface area (Å²) in [5, 5.41) is 0.569. The second-order valence-corrected chi connectivity index (χ2v) is 6.58. The Labute approximate surface area is 169 Å². The fourth-order valence-electron chi connectivity index (χ4n) is 2.49. The van der Waals surface area contributed by atoms with Crippen molar-refractivity contribution in [1.82, 2.24) is 15.8 Å². The Morgan fingerprint density at radius 1 is 1.03 bits per heavy atom. The molecule has 0 fully saturated rings. The van der Waals surface area contributed by atoms with Gasteiger partial charge in [0.25, 0.3) is 0 Å². The van der Waals surface area contributed by atoms with Crippen LogP contribution in [0.2, 0.25) is 5.02 Å². The van der Waals surface area contributed by atoms with E-state index < -0.39 is 17.5 Å². The monoisotopic (exact) mass is 419 g/mol. The normalized spacial score (nSPS) is 10.6. The van der Waals surface area contributed by atoms with Crippen LogP contribution in [0, 0.1) is 11.6 Å². The van der Waals surface area contributed by atoms with Gasteiger partial charge in [0.2, 0.25) is 11.8 Å². The molecule has 1 heterocycles. The van der Waals surface area contributed by atoms with Crippen LogP contribution in [0.5, 0.6) is 0 Å². The van der Waals surface area contributed by atoms with Gasteiger partial charge in [-0.3, -0.25) is 20.4 Å². The number of hydrazine groups is 1. The molecular weight excluding hydrogens is 404 g/mol. The molecule has 2 N–H and O–H groups in total. The summed E-state index contributed by atoms with van der Waals surface area (Å²) < 4.78 is 32.2. The number of carbonyl (C=O) groups is 2. The van der Waals surface area contributed by atoms with Crippen molar-refractivity contribution >= 4 is 23.4 Å². The lowest BCUT2D eigenvalue weighted by Gasteiger charge is -2.07. The highest BCUT2D eigenvalue weighted by molar-refractivity contribution is 6.30. The molecule has 0 spiro atoms. The first kappa shape index (κ1) is 20.5. The van der Waals surface area contributed by atoms with E-state index in [0.29, 0.717) is 5.02 Å². The molecule has 3 aromatic rings. The topological polar surface area (TPSA) is 84.2 Å². The van der Waals surface area contributed by atoms with Crippen LogP contribution in [0.4, 0.5) is 8.78 Å². The molecule has 150 valence electrons. The van der Waals surface area contributed by atoms with E-state index in [9.17, 15) is 18.4 Å². The largest absolute Gasteiger partial charge is 0.441 e. The van der Waals surface area contributed by atoms with Crippen molar-refractivity contribution in [3.05, 3.63) is 76.8 Å². The highest BCUT2D eigenvalue weighted by Crippen LogP contribution is 2.24. The minimum absolute atomic E-state index is 0.00687. The van der Waals surface area contributed by atoms with Crippen LogP contribution in [-0.2, 0) is 22.4 Å². The molecule has 3 rings (SSSR count). The van der Waals surface area contributed by atoms with Gasteiger partial charge in [0.1, 0.15) is 11.6 Å². The van der Waals surface area contributed by atoms with Crippen molar-refractivity contribution in [2.75, 3.05) is 0 Å². The molecule has 0 aliphatic carbocycles. The smallest absolute Gasteiger partial charge is 0.242 e. The number of aromatic nitrogens is 1. The van der Waals surface area contributed by atoms with Crippen molar-refractivity contribution in [3.8, 4) is 11.3 Å². The van der Waals surface area contributed by atoms with E-state index >= 15 is 0 Å². The maximum Gasteiger partial charge on any atom is 0.242 e. The molecule has 9 heteroatoms. The number of amides is 2. The number of nitrogens with zero attached hydrogens (tertiary/aromatic N) is 1. The number of nitrogens with one attached hydrogen (secondary N) is 2. The second kappa shape index (κ2) is 9.29. The predicted molar refractivity (Wildman–Crippen MR) is 102 cm³/mol. The summed E-state index contributed by atoms with van der Waals surface area (Å²) in [6.45, 7) is 0. The average Bonchev–Trinajstić information content (AvgIpc) is 3.15. The molecule has 0 saturated heterocycles. The molecule has 0 aliphatic rings. The Hall–Kier alpha value is -3.26. The summed E-state index contributed by atoms with van der Waals surface area (Å²) >= 11 is 5.78. The third-order valence-corrected chi connectivity index (χ3v) is 4.19. The summed E-state index contributed by atoms with van der Waals surface area (Å²) in [6.07, 6.45) is 1.52. The standard InChI is InChI=1S/C20H16ClF2N3O3/c21-13-3-1-12(2-4-13)9-19(28)26-25-18(27)7-8-20-24-11-17(29-20)15-6-5-14(22)10-16(15)23/h1-6,10-11H,7-9H2,(H,25,27)(H,26,28). The average molecular weight is 420 g/mol. The summed E-state index contributed by atoms with van der Waals surface area (Å²) in [5.74, 6) is -1.94. The lowest BCUT2D eigenvalue weighted by atomic mass is 10.1. The Balaban J connectivity index is 1.45. The van der Waals surface area contributed by atoms with Crippen LogP contribution in [0.3, 0.4) is 0 Å². The summed E-state index contributed by atoms with van der Waals surface area (Å²) in [6, 6.07) is 9.88. The number of hydrogen-bond donors (Lipinski definition) is 2. The summed E-state index contributed by atoms with van der Waals surface area (Å²) in [4.78, 5) is 27.7. The zero-order valence-corrected chi connectivity index (χ0v) is 15.8. The van der Waals surface area contributed by atoms with E-state index in [2.05, 4.69) is 15.8 Å². The number of hydrogen-bond acceptors (Lipinski definition) is 4. The van der Waals surface area contributed by atoms with E-state index in [1.54, 1.807) is 24.3 Å². The van der Waals surface area contributed by atoms with Crippen molar-refractivity contribution in [2.45, 2.75) is 19.3 Å².